The average molecular weight is 280 g/mol. The number of hydrogen-bond donors (Lipinski definition) is 1. The molecule has 1 N–H and O–H groups in total. The number of nitro benzene ring substituents is 1. The molecule has 4 nitrogen and oxygen atoms in total. The van der Waals surface area contributed by atoms with Gasteiger partial charge in [-0.25, -0.2) is 0 Å². The SMILES string of the molecule is CCSC1CCC(NCc2ccccc2[N+](=O)[O-])C1. The van der Waals surface area contributed by atoms with Gasteiger partial charge in [-0.15, -0.1) is 0 Å². The molecule has 2 rings (SSSR count). The summed E-state index contributed by atoms with van der Waals surface area (Å²) in [7, 11) is 0. The molecule has 0 heterocycles. The Morgan fingerprint density at radius 3 is 2.95 bits per heavy atom. The van der Waals surface area contributed by atoms with Crippen LogP contribution >= 0.6 is 11.8 Å². The number of hydrogen-bond acceptors (Lipinski definition) is 4. The van der Waals surface area contributed by atoms with Crippen molar-refractivity contribution in [2.45, 2.75) is 44.0 Å². The molecule has 0 aromatic heterocycles. The zero-order valence-corrected chi connectivity index (χ0v) is 12.0. The van der Waals surface area contributed by atoms with E-state index in [9.17, 15) is 10.1 Å². The van der Waals surface area contributed by atoms with Crippen molar-refractivity contribution in [3.63, 3.8) is 0 Å². The highest BCUT2D eigenvalue weighted by molar-refractivity contribution is 7.99. The highest BCUT2D eigenvalue weighted by Crippen LogP contribution is 2.30. The molecule has 19 heavy (non-hydrogen) atoms. The first-order valence-electron chi connectivity index (χ1n) is 6.78. The summed E-state index contributed by atoms with van der Waals surface area (Å²) < 4.78 is 0. The summed E-state index contributed by atoms with van der Waals surface area (Å²) in [6.45, 7) is 2.78. The molecule has 0 radical (unpaired) electrons. The fourth-order valence-corrected chi connectivity index (χ4v) is 3.75. The van der Waals surface area contributed by atoms with Crippen LogP contribution in [-0.4, -0.2) is 22.0 Å². The molecule has 0 amide bonds. The Bertz CT molecular complexity index is 439. The van der Waals surface area contributed by atoms with Crippen molar-refractivity contribution < 1.29 is 4.92 Å². The summed E-state index contributed by atoms with van der Waals surface area (Å²) in [5.41, 5.74) is 0.992. The molecule has 1 saturated carbocycles. The monoisotopic (exact) mass is 280 g/mol. The van der Waals surface area contributed by atoms with Gasteiger partial charge in [0.25, 0.3) is 5.69 Å². The fraction of sp³-hybridized carbons (Fsp3) is 0.571. The van der Waals surface area contributed by atoms with Gasteiger partial charge in [-0.2, -0.15) is 11.8 Å². The number of rotatable bonds is 6. The van der Waals surface area contributed by atoms with E-state index in [0.717, 1.165) is 10.8 Å². The topological polar surface area (TPSA) is 55.2 Å². The quantitative estimate of drug-likeness (QED) is 0.641. The van der Waals surface area contributed by atoms with Crippen molar-refractivity contribution in [2.75, 3.05) is 5.75 Å². The van der Waals surface area contributed by atoms with Gasteiger partial charge in [0.15, 0.2) is 0 Å². The molecule has 0 saturated heterocycles. The van der Waals surface area contributed by atoms with E-state index in [2.05, 4.69) is 12.2 Å². The fourth-order valence-electron chi connectivity index (χ4n) is 2.61. The third-order valence-corrected chi connectivity index (χ3v) is 4.79. The van der Waals surface area contributed by atoms with Crippen molar-refractivity contribution in [1.29, 1.82) is 0 Å². The Kier molecular flexibility index (Phi) is 5.22. The Labute approximate surface area is 118 Å². The number of nitrogens with one attached hydrogen (secondary N) is 1. The van der Waals surface area contributed by atoms with Gasteiger partial charge in [0.1, 0.15) is 0 Å². The van der Waals surface area contributed by atoms with E-state index >= 15 is 0 Å². The number of nitrogens with zero attached hydrogens (tertiary/aromatic N) is 1. The van der Waals surface area contributed by atoms with Crippen LogP contribution in [0, 0.1) is 10.1 Å². The van der Waals surface area contributed by atoms with E-state index in [1.54, 1.807) is 12.1 Å². The first-order valence-corrected chi connectivity index (χ1v) is 7.83. The van der Waals surface area contributed by atoms with Gasteiger partial charge in [0, 0.05) is 29.5 Å². The summed E-state index contributed by atoms with van der Waals surface area (Å²) in [5.74, 6) is 1.17. The van der Waals surface area contributed by atoms with E-state index in [1.807, 2.05) is 23.9 Å². The highest BCUT2D eigenvalue weighted by atomic mass is 32.2. The van der Waals surface area contributed by atoms with Crippen LogP contribution in [0.15, 0.2) is 24.3 Å². The van der Waals surface area contributed by atoms with Crippen LogP contribution in [0.3, 0.4) is 0 Å². The number of para-hydroxylation sites is 1. The van der Waals surface area contributed by atoms with Crippen LogP contribution in [0.25, 0.3) is 0 Å². The number of nitro groups is 1. The number of benzene rings is 1. The Hall–Kier alpha value is -1.07. The van der Waals surface area contributed by atoms with E-state index in [4.69, 9.17) is 0 Å². The van der Waals surface area contributed by atoms with Gasteiger partial charge >= 0.3 is 0 Å². The maximum absolute atomic E-state index is 10.9. The minimum atomic E-state index is -0.304. The van der Waals surface area contributed by atoms with Gasteiger partial charge in [-0.1, -0.05) is 25.1 Å². The lowest BCUT2D eigenvalue weighted by molar-refractivity contribution is -0.385. The first kappa shape index (κ1) is 14.3. The van der Waals surface area contributed by atoms with Crippen molar-refractivity contribution in [3.05, 3.63) is 39.9 Å². The molecular weight excluding hydrogens is 260 g/mol. The number of thioether (sulfide) groups is 1. The molecule has 2 unspecified atom stereocenters. The molecular formula is C14H20N2O2S. The molecule has 104 valence electrons. The standard InChI is InChI=1S/C14H20N2O2S/c1-2-19-13-8-7-12(9-13)15-10-11-5-3-4-6-14(11)16(17)18/h3-6,12-13,15H,2,7-10H2,1H3. The highest BCUT2D eigenvalue weighted by Gasteiger charge is 2.24. The molecule has 1 aliphatic rings. The molecule has 0 aliphatic heterocycles. The molecule has 1 aromatic carbocycles. The maximum atomic E-state index is 10.9. The smallest absolute Gasteiger partial charge is 0.273 e. The lowest BCUT2D eigenvalue weighted by Crippen LogP contribution is -2.26. The summed E-state index contributed by atoms with van der Waals surface area (Å²) >= 11 is 2.02. The maximum Gasteiger partial charge on any atom is 0.273 e. The zero-order valence-electron chi connectivity index (χ0n) is 11.2. The second kappa shape index (κ2) is 6.91. The van der Waals surface area contributed by atoms with Crippen LogP contribution < -0.4 is 5.32 Å². The largest absolute Gasteiger partial charge is 0.310 e. The van der Waals surface area contributed by atoms with Crippen LogP contribution in [0.5, 0.6) is 0 Å². The van der Waals surface area contributed by atoms with E-state index in [1.165, 1.54) is 25.0 Å². The molecule has 1 fully saturated rings. The normalized spacial score (nSPS) is 22.6. The Balaban J connectivity index is 1.88. The summed E-state index contributed by atoms with van der Waals surface area (Å²) in [4.78, 5) is 10.6. The Morgan fingerprint density at radius 1 is 1.42 bits per heavy atom. The summed E-state index contributed by atoms with van der Waals surface area (Å²) in [6, 6.07) is 7.48. The van der Waals surface area contributed by atoms with Crippen LogP contribution in [0.1, 0.15) is 31.7 Å². The minimum Gasteiger partial charge on any atom is -0.310 e. The molecule has 5 heteroatoms. The molecule has 1 aromatic rings. The van der Waals surface area contributed by atoms with E-state index < -0.39 is 0 Å². The average Bonchev–Trinajstić information content (AvgIpc) is 2.85. The third-order valence-electron chi connectivity index (χ3n) is 3.56. The van der Waals surface area contributed by atoms with Gasteiger partial charge in [-0.05, 0) is 25.0 Å². The third kappa shape index (κ3) is 3.94. The first-order chi connectivity index (χ1) is 9.20. The second-order valence-electron chi connectivity index (χ2n) is 4.85. The van der Waals surface area contributed by atoms with Crippen LogP contribution in [0.2, 0.25) is 0 Å². The van der Waals surface area contributed by atoms with Crippen molar-refractivity contribution in [1.82, 2.24) is 5.32 Å². The van der Waals surface area contributed by atoms with Gasteiger partial charge in [0.05, 0.1) is 4.92 Å². The van der Waals surface area contributed by atoms with Gasteiger partial charge < -0.3 is 5.32 Å². The van der Waals surface area contributed by atoms with Crippen molar-refractivity contribution >= 4 is 17.4 Å². The lowest BCUT2D eigenvalue weighted by atomic mass is 10.1. The molecule has 1 aliphatic carbocycles. The molecule has 0 spiro atoms. The predicted molar refractivity (Wildman–Crippen MR) is 79.5 cm³/mol. The van der Waals surface area contributed by atoms with Crippen LogP contribution in [-0.2, 0) is 6.54 Å². The predicted octanol–water partition coefficient (Wildman–Crippen LogP) is 3.36. The van der Waals surface area contributed by atoms with Gasteiger partial charge in [0.2, 0.25) is 0 Å². The summed E-state index contributed by atoms with van der Waals surface area (Å²) in [5, 5.41) is 15.2. The minimum absolute atomic E-state index is 0.215. The molecule has 0 bridgehead atoms. The van der Waals surface area contributed by atoms with Gasteiger partial charge in [-0.3, -0.25) is 10.1 Å². The zero-order chi connectivity index (χ0) is 13.7. The van der Waals surface area contributed by atoms with E-state index in [-0.39, 0.29) is 10.6 Å². The van der Waals surface area contributed by atoms with Crippen molar-refractivity contribution in [2.24, 2.45) is 0 Å². The Morgan fingerprint density at radius 2 is 2.21 bits per heavy atom. The van der Waals surface area contributed by atoms with E-state index in [0.29, 0.717) is 12.6 Å². The molecule has 2 atom stereocenters. The van der Waals surface area contributed by atoms with Crippen LogP contribution in [0.4, 0.5) is 5.69 Å². The lowest BCUT2D eigenvalue weighted by Gasteiger charge is -2.13. The second-order valence-corrected chi connectivity index (χ2v) is 6.43. The summed E-state index contributed by atoms with van der Waals surface area (Å²) in [6.07, 6.45) is 3.62. The van der Waals surface area contributed by atoms with Crippen molar-refractivity contribution in [3.8, 4) is 0 Å².